The molecule has 0 aliphatic rings. The molecule has 0 aliphatic heterocycles. The molecule has 21 heavy (non-hydrogen) atoms. The summed E-state index contributed by atoms with van der Waals surface area (Å²) in [5.74, 6) is 0.412. The normalized spacial score (nSPS) is 11.2. The van der Waals surface area contributed by atoms with Gasteiger partial charge in [0.15, 0.2) is 5.65 Å². The fourth-order valence-corrected chi connectivity index (χ4v) is 2.70. The quantitative estimate of drug-likeness (QED) is 0.756. The lowest BCUT2D eigenvalue weighted by molar-refractivity contribution is 0.857. The molecular formula is C16H16ClN3O. The molecule has 5 heteroatoms. The van der Waals surface area contributed by atoms with E-state index in [9.17, 15) is 4.79 Å². The molecule has 3 rings (SSSR count). The van der Waals surface area contributed by atoms with Crippen molar-refractivity contribution in [2.24, 2.45) is 0 Å². The minimum atomic E-state index is -0.0722. The number of H-pyrrole nitrogens is 1. The van der Waals surface area contributed by atoms with Crippen LogP contribution in [0.4, 0.5) is 0 Å². The van der Waals surface area contributed by atoms with Crippen LogP contribution in [0.2, 0.25) is 0 Å². The van der Waals surface area contributed by atoms with Gasteiger partial charge in [-0.05, 0) is 31.9 Å². The van der Waals surface area contributed by atoms with Gasteiger partial charge >= 0.3 is 0 Å². The fraction of sp³-hybridized carbons (Fsp3) is 0.250. The summed E-state index contributed by atoms with van der Waals surface area (Å²) in [6.07, 6.45) is 0.529. The standard InChI is InChI=1S/C16H16ClN3O/c1-10-4-3-5-12(8-10)14-9-15-18-11(2)13(6-7-17)16(21)20(15)19-14/h3-5,8-9,19H,6-7H2,1-2H3. The summed E-state index contributed by atoms with van der Waals surface area (Å²) in [4.78, 5) is 17.0. The van der Waals surface area contributed by atoms with E-state index in [0.29, 0.717) is 23.5 Å². The van der Waals surface area contributed by atoms with Crippen molar-refractivity contribution in [1.29, 1.82) is 0 Å². The molecule has 1 aromatic carbocycles. The van der Waals surface area contributed by atoms with E-state index < -0.39 is 0 Å². The Kier molecular flexibility index (Phi) is 3.55. The second-order valence-corrected chi connectivity index (χ2v) is 5.53. The van der Waals surface area contributed by atoms with Crippen molar-refractivity contribution in [2.45, 2.75) is 20.3 Å². The minimum absolute atomic E-state index is 0.0722. The Balaban J connectivity index is 2.21. The zero-order chi connectivity index (χ0) is 15.0. The molecule has 0 amide bonds. The second-order valence-electron chi connectivity index (χ2n) is 5.15. The number of aromatic amines is 1. The third kappa shape index (κ3) is 2.47. The lowest BCUT2D eigenvalue weighted by Crippen LogP contribution is -2.22. The van der Waals surface area contributed by atoms with Gasteiger partial charge in [0.05, 0.1) is 5.69 Å². The monoisotopic (exact) mass is 301 g/mol. The van der Waals surface area contributed by atoms with Gasteiger partial charge in [0.2, 0.25) is 0 Å². The molecule has 3 aromatic rings. The summed E-state index contributed by atoms with van der Waals surface area (Å²) in [5.41, 5.74) is 5.06. The van der Waals surface area contributed by atoms with Gasteiger partial charge in [-0.1, -0.05) is 23.8 Å². The highest BCUT2D eigenvalue weighted by atomic mass is 35.5. The van der Waals surface area contributed by atoms with Gasteiger partial charge in [-0.3, -0.25) is 9.89 Å². The van der Waals surface area contributed by atoms with Crippen LogP contribution in [-0.4, -0.2) is 20.5 Å². The first-order chi connectivity index (χ1) is 10.1. The molecule has 1 N–H and O–H groups in total. The molecule has 0 atom stereocenters. The number of nitrogens with one attached hydrogen (secondary N) is 1. The lowest BCUT2D eigenvalue weighted by Gasteiger charge is -2.02. The molecule has 0 unspecified atom stereocenters. The minimum Gasteiger partial charge on any atom is -0.289 e. The Labute approximate surface area is 127 Å². The molecule has 0 fully saturated rings. The predicted octanol–water partition coefficient (Wildman–Crippen LogP) is 3.09. The van der Waals surface area contributed by atoms with Crippen molar-refractivity contribution < 1.29 is 0 Å². The Morgan fingerprint density at radius 3 is 2.81 bits per heavy atom. The summed E-state index contributed by atoms with van der Waals surface area (Å²) in [7, 11) is 0. The Bertz CT molecular complexity index is 864. The maximum Gasteiger partial charge on any atom is 0.276 e. The molecule has 0 saturated carbocycles. The van der Waals surface area contributed by atoms with Crippen molar-refractivity contribution in [3.8, 4) is 11.3 Å². The number of hydrogen-bond donors (Lipinski definition) is 1. The van der Waals surface area contributed by atoms with E-state index >= 15 is 0 Å². The number of aryl methyl sites for hydroxylation is 2. The Morgan fingerprint density at radius 2 is 2.10 bits per heavy atom. The highest BCUT2D eigenvalue weighted by Gasteiger charge is 2.12. The first-order valence-electron chi connectivity index (χ1n) is 6.84. The average Bonchev–Trinajstić information content (AvgIpc) is 2.87. The van der Waals surface area contributed by atoms with Crippen LogP contribution in [0.1, 0.15) is 16.8 Å². The number of fused-ring (bicyclic) bond motifs is 1. The van der Waals surface area contributed by atoms with Crippen molar-refractivity contribution in [3.05, 3.63) is 57.5 Å². The van der Waals surface area contributed by atoms with Gasteiger partial charge in [-0.2, -0.15) is 0 Å². The summed E-state index contributed by atoms with van der Waals surface area (Å²) >= 11 is 5.76. The van der Waals surface area contributed by atoms with Crippen LogP contribution in [0.15, 0.2) is 35.1 Å². The first kappa shape index (κ1) is 13.9. The number of aromatic nitrogens is 3. The molecule has 2 aromatic heterocycles. The average molecular weight is 302 g/mol. The number of benzene rings is 1. The highest BCUT2D eigenvalue weighted by Crippen LogP contribution is 2.19. The van der Waals surface area contributed by atoms with Crippen LogP contribution in [0, 0.1) is 13.8 Å². The Hall–Kier alpha value is -2.07. The first-order valence-corrected chi connectivity index (χ1v) is 7.38. The number of rotatable bonds is 3. The molecule has 0 bridgehead atoms. The van der Waals surface area contributed by atoms with Gasteiger partial charge in [-0.15, -0.1) is 11.6 Å². The van der Waals surface area contributed by atoms with Gasteiger partial charge in [0.25, 0.3) is 5.56 Å². The van der Waals surface area contributed by atoms with E-state index in [2.05, 4.69) is 16.1 Å². The van der Waals surface area contributed by atoms with Gasteiger partial charge < -0.3 is 0 Å². The molecule has 0 spiro atoms. The van der Waals surface area contributed by atoms with Gasteiger partial charge in [0.1, 0.15) is 0 Å². The van der Waals surface area contributed by atoms with Crippen LogP contribution in [0.5, 0.6) is 0 Å². The molecular weight excluding hydrogens is 286 g/mol. The number of alkyl halides is 1. The van der Waals surface area contributed by atoms with E-state index in [0.717, 1.165) is 17.0 Å². The highest BCUT2D eigenvalue weighted by molar-refractivity contribution is 6.18. The van der Waals surface area contributed by atoms with E-state index in [1.54, 1.807) is 0 Å². The lowest BCUT2D eigenvalue weighted by atomic mass is 10.1. The molecule has 108 valence electrons. The van der Waals surface area contributed by atoms with Crippen LogP contribution in [0.25, 0.3) is 16.9 Å². The molecule has 0 aliphatic carbocycles. The van der Waals surface area contributed by atoms with E-state index in [1.165, 1.54) is 10.1 Å². The third-order valence-corrected chi connectivity index (χ3v) is 3.78. The van der Waals surface area contributed by atoms with E-state index in [1.807, 2.05) is 38.1 Å². The fourth-order valence-electron chi connectivity index (χ4n) is 2.51. The van der Waals surface area contributed by atoms with Crippen molar-refractivity contribution >= 4 is 17.2 Å². The number of halogens is 1. The second kappa shape index (κ2) is 5.37. The van der Waals surface area contributed by atoms with E-state index in [-0.39, 0.29) is 5.56 Å². The van der Waals surface area contributed by atoms with Gasteiger partial charge in [0, 0.05) is 23.2 Å². The summed E-state index contributed by atoms with van der Waals surface area (Å²) in [5, 5.41) is 3.13. The maximum atomic E-state index is 12.5. The third-order valence-electron chi connectivity index (χ3n) is 3.59. The zero-order valence-corrected chi connectivity index (χ0v) is 12.7. The summed E-state index contributed by atoms with van der Waals surface area (Å²) in [6, 6.07) is 10.0. The number of nitrogens with zero attached hydrogens (tertiary/aromatic N) is 2. The van der Waals surface area contributed by atoms with Crippen molar-refractivity contribution in [1.82, 2.24) is 14.6 Å². The van der Waals surface area contributed by atoms with Crippen LogP contribution in [0.3, 0.4) is 0 Å². The van der Waals surface area contributed by atoms with Crippen molar-refractivity contribution in [3.63, 3.8) is 0 Å². The molecule has 0 saturated heterocycles. The molecule has 4 nitrogen and oxygen atoms in total. The predicted molar refractivity (Wildman–Crippen MR) is 85.1 cm³/mol. The smallest absolute Gasteiger partial charge is 0.276 e. The summed E-state index contributed by atoms with van der Waals surface area (Å²) in [6.45, 7) is 3.89. The zero-order valence-electron chi connectivity index (χ0n) is 12.0. The number of hydrogen-bond acceptors (Lipinski definition) is 2. The van der Waals surface area contributed by atoms with Crippen LogP contribution >= 0.6 is 11.6 Å². The molecule has 0 radical (unpaired) electrons. The topological polar surface area (TPSA) is 50.2 Å². The Morgan fingerprint density at radius 1 is 1.29 bits per heavy atom. The van der Waals surface area contributed by atoms with Crippen LogP contribution in [-0.2, 0) is 6.42 Å². The molecule has 2 heterocycles. The van der Waals surface area contributed by atoms with E-state index in [4.69, 9.17) is 11.6 Å². The summed E-state index contributed by atoms with van der Waals surface area (Å²) < 4.78 is 1.49. The maximum absolute atomic E-state index is 12.5. The largest absolute Gasteiger partial charge is 0.289 e. The van der Waals surface area contributed by atoms with Crippen molar-refractivity contribution in [2.75, 3.05) is 5.88 Å². The van der Waals surface area contributed by atoms with Gasteiger partial charge in [-0.25, -0.2) is 9.50 Å². The SMILES string of the molecule is Cc1cccc(-c2cc3nc(C)c(CCCl)c(=O)n3[nH]2)c1. The van der Waals surface area contributed by atoms with Crippen LogP contribution < -0.4 is 5.56 Å².